The Morgan fingerprint density at radius 3 is 2.42 bits per heavy atom. The molecular formula is C35H39NO4. The molecule has 6 rings (SSSR count). The highest BCUT2D eigenvalue weighted by atomic mass is 16.4. The lowest BCUT2D eigenvalue weighted by Crippen LogP contribution is -2.55. The molecule has 0 bridgehead atoms. The second kappa shape index (κ2) is 10.2. The van der Waals surface area contributed by atoms with Gasteiger partial charge in [-0.25, -0.2) is 4.79 Å². The predicted octanol–water partition coefficient (Wildman–Crippen LogP) is 6.47. The molecule has 5 nitrogen and oxygen atoms in total. The first-order valence-electron chi connectivity index (χ1n) is 14.8. The van der Waals surface area contributed by atoms with E-state index in [0.29, 0.717) is 37.2 Å². The van der Waals surface area contributed by atoms with Gasteiger partial charge in [-0.05, 0) is 78.6 Å². The Hall–Kier alpha value is -3.47. The van der Waals surface area contributed by atoms with E-state index in [4.69, 9.17) is 0 Å². The number of ketones is 1. The lowest BCUT2D eigenvalue weighted by molar-refractivity contribution is -0.146. The highest BCUT2D eigenvalue weighted by Crippen LogP contribution is 2.65. The van der Waals surface area contributed by atoms with Crippen molar-refractivity contribution in [3.05, 3.63) is 95.1 Å². The maximum atomic E-state index is 14.0. The van der Waals surface area contributed by atoms with E-state index in [1.54, 1.807) is 0 Å². The van der Waals surface area contributed by atoms with Crippen LogP contribution in [0.15, 0.2) is 84.0 Å². The minimum atomic E-state index is -0.863. The van der Waals surface area contributed by atoms with Crippen molar-refractivity contribution >= 4 is 17.7 Å². The van der Waals surface area contributed by atoms with Crippen molar-refractivity contribution in [2.45, 2.75) is 64.8 Å². The van der Waals surface area contributed by atoms with Crippen LogP contribution in [-0.2, 0) is 20.8 Å². The zero-order valence-corrected chi connectivity index (χ0v) is 23.4. The Morgan fingerprint density at radius 1 is 1.02 bits per heavy atom. The quantitative estimate of drug-likeness (QED) is 0.443. The van der Waals surface area contributed by atoms with Gasteiger partial charge in [-0.3, -0.25) is 9.59 Å². The van der Waals surface area contributed by atoms with E-state index in [1.165, 1.54) is 5.56 Å². The van der Waals surface area contributed by atoms with Crippen LogP contribution in [0.3, 0.4) is 0 Å². The van der Waals surface area contributed by atoms with Gasteiger partial charge in [0, 0.05) is 29.2 Å². The maximum absolute atomic E-state index is 14.0. The Balaban J connectivity index is 1.25. The van der Waals surface area contributed by atoms with E-state index >= 15 is 0 Å². The smallest absolute Gasteiger partial charge is 0.331 e. The van der Waals surface area contributed by atoms with Crippen molar-refractivity contribution in [3.8, 4) is 0 Å². The number of Topliss-reactive ketones (excluding diaryl/α,β-unsaturated/α-hetero) is 1. The van der Waals surface area contributed by atoms with Gasteiger partial charge in [-0.15, -0.1) is 0 Å². The van der Waals surface area contributed by atoms with Crippen molar-refractivity contribution in [1.29, 1.82) is 0 Å². The Morgan fingerprint density at radius 2 is 1.73 bits per heavy atom. The van der Waals surface area contributed by atoms with Crippen LogP contribution in [0.5, 0.6) is 0 Å². The third kappa shape index (κ3) is 4.44. The summed E-state index contributed by atoms with van der Waals surface area (Å²) in [5, 5.41) is 13.0. The van der Waals surface area contributed by atoms with E-state index in [9.17, 15) is 19.5 Å². The monoisotopic (exact) mass is 537 g/mol. The van der Waals surface area contributed by atoms with Crippen molar-refractivity contribution < 1.29 is 19.5 Å². The number of carboxylic acid groups (broad SMARTS) is 1. The van der Waals surface area contributed by atoms with Crippen LogP contribution in [0, 0.1) is 34.5 Å². The molecule has 2 fully saturated rings. The van der Waals surface area contributed by atoms with Crippen molar-refractivity contribution in [2.24, 2.45) is 34.5 Å². The number of hydrogen-bond acceptors (Lipinski definition) is 3. The summed E-state index contributed by atoms with van der Waals surface area (Å²) < 4.78 is 0. The maximum Gasteiger partial charge on any atom is 0.331 e. The normalized spacial score (nSPS) is 33.5. The zero-order chi connectivity index (χ0) is 28.1. The fourth-order valence-electron chi connectivity index (χ4n) is 8.82. The molecule has 1 unspecified atom stereocenters. The van der Waals surface area contributed by atoms with Crippen molar-refractivity contribution in [3.63, 3.8) is 0 Å². The molecule has 40 heavy (non-hydrogen) atoms. The number of benzene rings is 2. The highest BCUT2D eigenvalue weighted by molar-refractivity contribution is 5.90. The molecule has 2 N–H and O–H groups in total. The summed E-state index contributed by atoms with van der Waals surface area (Å²) in [4.78, 5) is 39.7. The summed E-state index contributed by atoms with van der Waals surface area (Å²) in [7, 11) is 0. The third-order valence-corrected chi connectivity index (χ3v) is 10.8. The van der Waals surface area contributed by atoms with Crippen LogP contribution in [0.4, 0.5) is 0 Å². The van der Waals surface area contributed by atoms with Gasteiger partial charge in [0.25, 0.3) is 0 Å². The van der Waals surface area contributed by atoms with Gasteiger partial charge in [0.1, 0.15) is 5.78 Å². The highest BCUT2D eigenvalue weighted by Gasteiger charge is 2.62. The number of hydrogen-bond donors (Lipinski definition) is 2. The van der Waals surface area contributed by atoms with E-state index in [0.717, 1.165) is 30.4 Å². The third-order valence-electron chi connectivity index (χ3n) is 10.8. The summed E-state index contributed by atoms with van der Waals surface area (Å²) in [5.41, 5.74) is 3.03. The van der Waals surface area contributed by atoms with E-state index in [-0.39, 0.29) is 46.3 Å². The number of carbonyl (C=O) groups is 3. The average Bonchev–Trinajstić information content (AvgIpc) is 3.29. The number of aliphatic carboxylic acids is 1. The van der Waals surface area contributed by atoms with E-state index in [2.05, 4.69) is 49.5 Å². The molecule has 0 radical (unpaired) electrons. The van der Waals surface area contributed by atoms with Gasteiger partial charge in [-0.1, -0.05) is 80.6 Å². The molecule has 0 aliphatic heterocycles. The molecule has 0 aromatic heterocycles. The number of amides is 1. The number of rotatable bonds is 6. The van der Waals surface area contributed by atoms with Crippen LogP contribution in [-0.4, -0.2) is 22.8 Å². The molecule has 2 saturated carbocycles. The number of allylic oxidation sites excluding steroid dienone is 3. The van der Waals surface area contributed by atoms with Crippen molar-refractivity contribution in [1.82, 2.24) is 5.32 Å². The number of fused-ring (bicyclic) bond motifs is 5. The van der Waals surface area contributed by atoms with E-state index in [1.807, 2.05) is 42.5 Å². The van der Waals surface area contributed by atoms with Gasteiger partial charge in [0.05, 0.1) is 6.04 Å². The standard InChI is InChI=1S/C35H39NO4/c1-34-18-17-24(33(39)40)20-25(34)13-14-26-27-15-16-28(35(27,2)21-30(37)31(26)34)32(38)36-29(23-11-7-4-8-12-23)19-22-9-5-3-6-10-22/h3-13,20,26-29,31H,14-19,21H2,1-2H3,(H,36,38)(H,39,40)/t26-,27-,28+,29?,31+,34-,35-/m0/s1. The SMILES string of the molecule is C[C@]12CC(=O)[C@H]3[C@@H](CC=C4C=C(C(=O)O)CC[C@@]43C)[C@@H]1CC[C@@H]2C(=O)NC(Cc1ccccc1)c1ccccc1. The minimum Gasteiger partial charge on any atom is -0.478 e. The van der Waals surface area contributed by atoms with Crippen LogP contribution < -0.4 is 5.32 Å². The molecule has 4 aliphatic carbocycles. The van der Waals surface area contributed by atoms with Crippen LogP contribution in [0.25, 0.3) is 0 Å². The van der Waals surface area contributed by atoms with Crippen molar-refractivity contribution in [2.75, 3.05) is 0 Å². The van der Waals surface area contributed by atoms with Crippen LogP contribution in [0.1, 0.15) is 69.5 Å². The van der Waals surface area contributed by atoms with Gasteiger partial charge < -0.3 is 10.4 Å². The molecule has 5 heteroatoms. The summed E-state index contributed by atoms with van der Waals surface area (Å²) in [5.74, 6) is -0.347. The second-order valence-electron chi connectivity index (χ2n) is 13.0. The molecule has 0 spiro atoms. The summed E-state index contributed by atoms with van der Waals surface area (Å²) >= 11 is 0. The first-order chi connectivity index (χ1) is 19.2. The Kier molecular flexibility index (Phi) is 6.80. The lowest BCUT2D eigenvalue weighted by atomic mass is 9.47. The van der Waals surface area contributed by atoms with Gasteiger partial charge in [0.15, 0.2) is 0 Å². The average molecular weight is 538 g/mol. The number of carbonyl (C=O) groups excluding carboxylic acids is 2. The van der Waals surface area contributed by atoms with E-state index < -0.39 is 5.97 Å². The minimum absolute atomic E-state index is 0.0611. The topological polar surface area (TPSA) is 83.5 Å². The molecule has 2 aromatic carbocycles. The molecule has 0 saturated heterocycles. The summed E-state index contributed by atoms with van der Waals surface area (Å²) in [6.07, 6.45) is 8.87. The molecule has 4 aliphatic rings. The summed E-state index contributed by atoms with van der Waals surface area (Å²) in [6.45, 7) is 4.35. The van der Waals surface area contributed by atoms with Crippen LogP contribution >= 0.6 is 0 Å². The molecule has 2 aromatic rings. The molecular weight excluding hydrogens is 498 g/mol. The Bertz CT molecular complexity index is 1380. The number of nitrogens with one attached hydrogen (secondary N) is 1. The van der Waals surface area contributed by atoms with Gasteiger partial charge in [-0.2, -0.15) is 0 Å². The lowest BCUT2D eigenvalue weighted by Gasteiger charge is -2.55. The second-order valence-corrected chi connectivity index (χ2v) is 13.0. The van der Waals surface area contributed by atoms with Gasteiger partial charge in [0.2, 0.25) is 5.91 Å². The van der Waals surface area contributed by atoms with Crippen LogP contribution in [0.2, 0.25) is 0 Å². The molecule has 0 heterocycles. The first-order valence-corrected chi connectivity index (χ1v) is 14.8. The largest absolute Gasteiger partial charge is 0.478 e. The molecule has 1 amide bonds. The predicted molar refractivity (Wildman–Crippen MR) is 154 cm³/mol. The Labute approximate surface area is 236 Å². The fourth-order valence-corrected chi connectivity index (χ4v) is 8.82. The number of carboxylic acids is 1. The fraction of sp³-hybridized carbons (Fsp3) is 0.457. The molecule has 7 atom stereocenters. The first kappa shape index (κ1) is 26.7. The molecule has 208 valence electrons. The summed E-state index contributed by atoms with van der Waals surface area (Å²) in [6, 6.07) is 20.3. The van der Waals surface area contributed by atoms with Gasteiger partial charge >= 0.3 is 5.97 Å². The zero-order valence-electron chi connectivity index (χ0n) is 23.4.